The molecule has 0 bridgehead atoms. The topological polar surface area (TPSA) is 125 Å². The van der Waals surface area contributed by atoms with Crippen molar-refractivity contribution in [2.75, 3.05) is 25.4 Å². The average Bonchev–Trinajstić information content (AvgIpc) is 3.29. The maximum atomic E-state index is 12.1. The first kappa shape index (κ1) is 20.9. The van der Waals surface area contributed by atoms with Gasteiger partial charge in [0.1, 0.15) is 17.3 Å². The summed E-state index contributed by atoms with van der Waals surface area (Å²) in [4.78, 5) is 23.2. The van der Waals surface area contributed by atoms with Gasteiger partial charge in [-0.3, -0.25) is 4.79 Å². The van der Waals surface area contributed by atoms with E-state index in [4.69, 9.17) is 21.2 Å². The SMILES string of the molecule is NCC(=O)N1CCC[C@@H](n2ncc3c(N)nc(-c4ccc(Oc5ccccc5)cc4)nc32)C1. The fourth-order valence-corrected chi connectivity index (χ4v) is 4.15. The van der Waals surface area contributed by atoms with Crippen LogP contribution in [0.4, 0.5) is 5.82 Å². The third-order valence-corrected chi connectivity index (χ3v) is 5.84. The molecule has 1 atom stereocenters. The third-order valence-electron chi connectivity index (χ3n) is 5.84. The number of hydrogen-bond acceptors (Lipinski definition) is 7. The van der Waals surface area contributed by atoms with E-state index in [1.54, 1.807) is 11.1 Å². The molecule has 1 fully saturated rings. The number of amides is 1. The summed E-state index contributed by atoms with van der Waals surface area (Å²) >= 11 is 0. The average molecular weight is 444 g/mol. The van der Waals surface area contributed by atoms with Gasteiger partial charge in [0.05, 0.1) is 24.2 Å². The second kappa shape index (κ2) is 8.87. The molecule has 168 valence electrons. The van der Waals surface area contributed by atoms with Crippen LogP contribution in [-0.4, -0.2) is 50.2 Å². The van der Waals surface area contributed by atoms with E-state index in [9.17, 15) is 4.79 Å². The van der Waals surface area contributed by atoms with Gasteiger partial charge in [-0.05, 0) is 49.2 Å². The number of carbonyl (C=O) groups is 1. The first-order valence-corrected chi connectivity index (χ1v) is 10.9. The summed E-state index contributed by atoms with van der Waals surface area (Å²) in [7, 11) is 0. The lowest BCUT2D eigenvalue weighted by molar-refractivity contribution is -0.131. The molecule has 9 heteroatoms. The van der Waals surface area contributed by atoms with Gasteiger partial charge in [0, 0.05) is 18.7 Å². The van der Waals surface area contributed by atoms with Crippen molar-refractivity contribution in [1.82, 2.24) is 24.6 Å². The molecule has 1 aliphatic rings. The van der Waals surface area contributed by atoms with Crippen LogP contribution in [0.25, 0.3) is 22.4 Å². The summed E-state index contributed by atoms with van der Waals surface area (Å²) in [5.74, 6) is 2.32. The van der Waals surface area contributed by atoms with Crippen LogP contribution in [0.1, 0.15) is 18.9 Å². The van der Waals surface area contributed by atoms with E-state index in [0.29, 0.717) is 35.8 Å². The highest BCUT2D eigenvalue weighted by atomic mass is 16.5. The van der Waals surface area contributed by atoms with Crippen molar-refractivity contribution < 1.29 is 9.53 Å². The van der Waals surface area contributed by atoms with Crippen molar-refractivity contribution in [2.45, 2.75) is 18.9 Å². The number of benzene rings is 2. The number of para-hydroxylation sites is 1. The smallest absolute Gasteiger partial charge is 0.236 e. The van der Waals surface area contributed by atoms with Crippen LogP contribution >= 0.6 is 0 Å². The van der Waals surface area contributed by atoms with Gasteiger partial charge in [0.2, 0.25) is 5.91 Å². The molecule has 0 radical (unpaired) electrons. The van der Waals surface area contributed by atoms with Crippen LogP contribution in [0, 0.1) is 0 Å². The number of ether oxygens (including phenoxy) is 1. The number of carbonyl (C=O) groups excluding carboxylic acids is 1. The van der Waals surface area contributed by atoms with Crippen molar-refractivity contribution in [3.05, 3.63) is 60.8 Å². The molecule has 0 saturated carbocycles. The molecule has 2 aromatic heterocycles. The van der Waals surface area contributed by atoms with Gasteiger partial charge in [-0.25, -0.2) is 14.6 Å². The van der Waals surface area contributed by atoms with E-state index in [-0.39, 0.29) is 18.5 Å². The lowest BCUT2D eigenvalue weighted by Crippen LogP contribution is -2.43. The van der Waals surface area contributed by atoms with Crippen molar-refractivity contribution in [2.24, 2.45) is 5.73 Å². The van der Waals surface area contributed by atoms with E-state index in [0.717, 1.165) is 29.9 Å². The molecule has 0 aliphatic carbocycles. The van der Waals surface area contributed by atoms with Crippen molar-refractivity contribution in [1.29, 1.82) is 0 Å². The number of anilines is 1. The predicted molar refractivity (Wildman–Crippen MR) is 126 cm³/mol. The first-order valence-electron chi connectivity index (χ1n) is 10.9. The van der Waals surface area contributed by atoms with Crippen molar-refractivity contribution >= 4 is 22.8 Å². The number of hydrogen-bond donors (Lipinski definition) is 2. The molecular weight excluding hydrogens is 418 g/mol. The maximum Gasteiger partial charge on any atom is 0.236 e. The standard InChI is InChI=1S/C24H25N7O2/c25-13-21(32)30-12-4-5-17(15-30)31-24-20(14-27-31)22(26)28-23(29-24)16-8-10-19(11-9-16)33-18-6-2-1-3-7-18/h1-3,6-11,14,17H,4-5,12-13,15,25H2,(H2,26,28,29)/t17-/m1/s1. The Balaban J connectivity index is 1.43. The van der Waals surface area contributed by atoms with Gasteiger partial charge in [-0.15, -0.1) is 0 Å². The Kier molecular flexibility index (Phi) is 5.62. The molecule has 3 heterocycles. The molecule has 9 nitrogen and oxygen atoms in total. The van der Waals surface area contributed by atoms with Gasteiger partial charge < -0.3 is 21.1 Å². The lowest BCUT2D eigenvalue weighted by atomic mass is 10.1. The first-order chi connectivity index (χ1) is 16.1. The zero-order valence-electron chi connectivity index (χ0n) is 18.1. The lowest BCUT2D eigenvalue weighted by Gasteiger charge is -2.32. The summed E-state index contributed by atoms with van der Waals surface area (Å²) in [6.07, 6.45) is 3.47. The number of fused-ring (bicyclic) bond motifs is 1. The Morgan fingerprint density at radius 3 is 2.58 bits per heavy atom. The van der Waals surface area contributed by atoms with Crippen LogP contribution in [0.2, 0.25) is 0 Å². The second-order valence-corrected chi connectivity index (χ2v) is 8.04. The highest BCUT2D eigenvalue weighted by Crippen LogP contribution is 2.29. The van der Waals surface area contributed by atoms with E-state index < -0.39 is 0 Å². The maximum absolute atomic E-state index is 12.1. The van der Waals surface area contributed by atoms with Crippen molar-refractivity contribution in [3.8, 4) is 22.9 Å². The van der Waals surface area contributed by atoms with Crippen LogP contribution in [0.15, 0.2) is 60.8 Å². The molecule has 4 aromatic rings. The highest BCUT2D eigenvalue weighted by molar-refractivity contribution is 5.87. The molecule has 0 unspecified atom stereocenters. The minimum absolute atomic E-state index is 0.00975. The summed E-state index contributed by atoms with van der Waals surface area (Å²) in [6, 6.07) is 17.2. The summed E-state index contributed by atoms with van der Waals surface area (Å²) in [6.45, 7) is 1.28. The monoisotopic (exact) mass is 443 g/mol. The third kappa shape index (κ3) is 4.22. The number of rotatable bonds is 5. The van der Waals surface area contributed by atoms with E-state index >= 15 is 0 Å². The fourth-order valence-electron chi connectivity index (χ4n) is 4.15. The van der Waals surface area contributed by atoms with E-state index in [2.05, 4.69) is 10.1 Å². The Morgan fingerprint density at radius 2 is 1.82 bits per heavy atom. The van der Waals surface area contributed by atoms with Crippen LogP contribution in [-0.2, 0) is 4.79 Å². The molecule has 4 N–H and O–H groups in total. The van der Waals surface area contributed by atoms with E-state index in [1.165, 1.54) is 0 Å². The quantitative estimate of drug-likeness (QED) is 0.486. The molecule has 0 spiro atoms. The summed E-state index contributed by atoms with van der Waals surface area (Å²) in [5, 5.41) is 5.24. The number of nitrogens with two attached hydrogens (primary N) is 2. The highest BCUT2D eigenvalue weighted by Gasteiger charge is 2.26. The number of piperidine rings is 1. The van der Waals surface area contributed by atoms with Gasteiger partial charge >= 0.3 is 0 Å². The fraction of sp³-hybridized carbons (Fsp3) is 0.250. The Labute approximate surface area is 191 Å². The molecule has 2 aromatic carbocycles. The predicted octanol–water partition coefficient (Wildman–Crippen LogP) is 2.99. The second-order valence-electron chi connectivity index (χ2n) is 8.04. The molecule has 1 aliphatic heterocycles. The summed E-state index contributed by atoms with van der Waals surface area (Å²) < 4.78 is 7.73. The van der Waals surface area contributed by atoms with E-state index in [1.807, 2.05) is 59.3 Å². The van der Waals surface area contributed by atoms with Crippen LogP contribution in [0.3, 0.4) is 0 Å². The number of likely N-dealkylation sites (tertiary alicyclic amines) is 1. The minimum Gasteiger partial charge on any atom is -0.457 e. The largest absolute Gasteiger partial charge is 0.457 e. The normalized spacial score (nSPS) is 16.2. The Bertz CT molecular complexity index is 1270. The molecule has 1 saturated heterocycles. The Hall–Kier alpha value is -3.98. The van der Waals surface area contributed by atoms with Crippen molar-refractivity contribution in [3.63, 3.8) is 0 Å². The molecule has 1 amide bonds. The van der Waals surface area contributed by atoms with Crippen LogP contribution < -0.4 is 16.2 Å². The van der Waals surface area contributed by atoms with Gasteiger partial charge in [-0.2, -0.15) is 5.10 Å². The van der Waals surface area contributed by atoms with Crippen LogP contribution in [0.5, 0.6) is 11.5 Å². The number of nitrogen functional groups attached to an aromatic ring is 1. The van der Waals surface area contributed by atoms with Gasteiger partial charge in [0.15, 0.2) is 11.5 Å². The zero-order chi connectivity index (χ0) is 22.8. The summed E-state index contributed by atoms with van der Waals surface area (Å²) in [5.41, 5.74) is 13.3. The Morgan fingerprint density at radius 1 is 1.06 bits per heavy atom. The minimum atomic E-state index is -0.0520. The molecule has 5 rings (SSSR count). The number of aromatic nitrogens is 4. The number of nitrogens with zero attached hydrogens (tertiary/aromatic N) is 5. The molecular formula is C24H25N7O2. The zero-order valence-corrected chi connectivity index (χ0v) is 18.1. The molecule has 33 heavy (non-hydrogen) atoms. The van der Waals surface area contributed by atoms with Gasteiger partial charge in [0.25, 0.3) is 0 Å². The van der Waals surface area contributed by atoms with Gasteiger partial charge in [-0.1, -0.05) is 18.2 Å².